The zero-order valence-corrected chi connectivity index (χ0v) is 14.8. The van der Waals surface area contributed by atoms with E-state index in [1.54, 1.807) is 18.3 Å². The highest BCUT2D eigenvalue weighted by atomic mass is 32.1. The number of aryl methyl sites for hydroxylation is 1. The molecule has 0 fully saturated rings. The lowest BCUT2D eigenvalue weighted by molar-refractivity contribution is -0.114. The molecule has 0 radical (unpaired) electrons. The van der Waals surface area contributed by atoms with E-state index in [1.807, 2.05) is 19.1 Å². The van der Waals surface area contributed by atoms with E-state index in [0.717, 1.165) is 22.0 Å². The SMILES string of the molecule is CC(=O)Nc1nc(C)c(-c2cnc(Nc3cccc(C(C)=O)c3)[nH]2)s1. The number of nitrogens with one attached hydrogen (secondary N) is 3. The van der Waals surface area contributed by atoms with Crippen molar-refractivity contribution in [1.82, 2.24) is 15.0 Å². The molecule has 0 aliphatic carbocycles. The number of Topliss-reactive ketones (excluding diaryl/α,β-unsaturated/α-hetero) is 1. The summed E-state index contributed by atoms with van der Waals surface area (Å²) in [5.41, 5.74) is 3.02. The van der Waals surface area contributed by atoms with Crippen LogP contribution < -0.4 is 10.6 Å². The molecule has 0 bridgehead atoms. The summed E-state index contributed by atoms with van der Waals surface area (Å²) in [5.74, 6) is 0.414. The molecular formula is C17H17N5O2S. The summed E-state index contributed by atoms with van der Waals surface area (Å²) in [4.78, 5) is 35.4. The minimum absolute atomic E-state index is 0.00886. The van der Waals surface area contributed by atoms with Crippen LogP contribution in [-0.4, -0.2) is 26.6 Å². The number of hydrogen-bond acceptors (Lipinski definition) is 6. The summed E-state index contributed by atoms with van der Waals surface area (Å²) in [7, 11) is 0. The molecule has 25 heavy (non-hydrogen) atoms. The van der Waals surface area contributed by atoms with Crippen LogP contribution in [0, 0.1) is 6.92 Å². The second-order valence-corrected chi connectivity index (χ2v) is 6.52. The van der Waals surface area contributed by atoms with Gasteiger partial charge in [0.05, 0.1) is 22.5 Å². The Kier molecular flexibility index (Phi) is 4.62. The number of imidazole rings is 1. The number of H-pyrrole nitrogens is 1. The van der Waals surface area contributed by atoms with Gasteiger partial charge in [0.15, 0.2) is 10.9 Å². The minimum Gasteiger partial charge on any atom is -0.326 e. The molecule has 0 aliphatic heterocycles. The Morgan fingerprint density at radius 3 is 2.76 bits per heavy atom. The summed E-state index contributed by atoms with van der Waals surface area (Å²) in [6.45, 7) is 4.86. The van der Waals surface area contributed by atoms with Gasteiger partial charge in [-0.3, -0.25) is 9.59 Å². The van der Waals surface area contributed by atoms with Crippen molar-refractivity contribution < 1.29 is 9.59 Å². The van der Waals surface area contributed by atoms with Gasteiger partial charge in [-0.05, 0) is 26.0 Å². The maximum atomic E-state index is 11.5. The van der Waals surface area contributed by atoms with Gasteiger partial charge < -0.3 is 15.6 Å². The molecule has 1 aromatic carbocycles. The minimum atomic E-state index is -0.155. The molecule has 0 atom stereocenters. The third-order valence-electron chi connectivity index (χ3n) is 3.43. The van der Waals surface area contributed by atoms with Crippen LogP contribution in [-0.2, 0) is 4.79 Å². The van der Waals surface area contributed by atoms with Gasteiger partial charge >= 0.3 is 0 Å². The number of aromatic amines is 1. The normalized spacial score (nSPS) is 10.5. The Labute approximate surface area is 148 Å². The third kappa shape index (κ3) is 3.92. The number of aromatic nitrogens is 3. The van der Waals surface area contributed by atoms with Crippen molar-refractivity contribution in [1.29, 1.82) is 0 Å². The van der Waals surface area contributed by atoms with Crippen LogP contribution in [0.1, 0.15) is 29.9 Å². The second kappa shape index (κ2) is 6.86. The van der Waals surface area contributed by atoms with Gasteiger partial charge in [-0.2, -0.15) is 0 Å². The van der Waals surface area contributed by atoms with Crippen LogP contribution in [0.2, 0.25) is 0 Å². The number of anilines is 3. The van der Waals surface area contributed by atoms with Crippen LogP contribution in [0.4, 0.5) is 16.8 Å². The Morgan fingerprint density at radius 1 is 1.24 bits per heavy atom. The van der Waals surface area contributed by atoms with E-state index in [4.69, 9.17) is 0 Å². The maximum absolute atomic E-state index is 11.5. The molecule has 2 aromatic heterocycles. The lowest BCUT2D eigenvalue weighted by Gasteiger charge is -2.04. The van der Waals surface area contributed by atoms with E-state index in [0.29, 0.717) is 16.6 Å². The average molecular weight is 355 g/mol. The first-order valence-corrected chi connectivity index (χ1v) is 8.42. The van der Waals surface area contributed by atoms with Crippen molar-refractivity contribution in [2.75, 3.05) is 10.6 Å². The van der Waals surface area contributed by atoms with Crippen molar-refractivity contribution >= 4 is 39.8 Å². The van der Waals surface area contributed by atoms with E-state index in [9.17, 15) is 9.59 Å². The predicted octanol–water partition coefficient (Wildman–Crippen LogP) is 3.75. The fourth-order valence-electron chi connectivity index (χ4n) is 2.30. The topological polar surface area (TPSA) is 99.8 Å². The van der Waals surface area contributed by atoms with E-state index in [2.05, 4.69) is 25.6 Å². The zero-order chi connectivity index (χ0) is 18.0. The number of rotatable bonds is 5. The van der Waals surface area contributed by atoms with Gasteiger partial charge in [-0.15, -0.1) is 0 Å². The molecule has 0 saturated heterocycles. The second-order valence-electron chi connectivity index (χ2n) is 5.52. The molecule has 2 heterocycles. The third-order valence-corrected chi connectivity index (χ3v) is 4.54. The van der Waals surface area contributed by atoms with Gasteiger partial charge in [0, 0.05) is 18.2 Å². The molecule has 0 aliphatic rings. The number of ketones is 1. The zero-order valence-electron chi connectivity index (χ0n) is 14.0. The molecule has 1 amide bonds. The number of nitrogens with zero attached hydrogens (tertiary/aromatic N) is 2. The lowest BCUT2D eigenvalue weighted by Crippen LogP contribution is -2.04. The monoisotopic (exact) mass is 355 g/mol. The number of hydrogen-bond donors (Lipinski definition) is 3. The van der Waals surface area contributed by atoms with Crippen LogP contribution in [0.15, 0.2) is 30.5 Å². The molecule has 3 aromatic rings. The molecule has 0 saturated carbocycles. The van der Waals surface area contributed by atoms with Gasteiger partial charge in [-0.1, -0.05) is 23.5 Å². The Balaban J connectivity index is 1.81. The van der Waals surface area contributed by atoms with E-state index >= 15 is 0 Å². The molecule has 0 spiro atoms. The first-order chi connectivity index (χ1) is 11.9. The highest BCUT2D eigenvalue weighted by molar-refractivity contribution is 7.19. The first-order valence-electron chi connectivity index (χ1n) is 7.61. The fourth-order valence-corrected chi connectivity index (χ4v) is 3.28. The Hall–Kier alpha value is -3.00. The Morgan fingerprint density at radius 2 is 2.04 bits per heavy atom. The molecular weight excluding hydrogens is 338 g/mol. The predicted molar refractivity (Wildman–Crippen MR) is 98.5 cm³/mol. The van der Waals surface area contributed by atoms with Crippen molar-refractivity contribution in [3.8, 4) is 10.6 Å². The van der Waals surface area contributed by atoms with Crippen LogP contribution in [0.25, 0.3) is 10.6 Å². The summed E-state index contributed by atoms with van der Waals surface area (Å²) < 4.78 is 0. The molecule has 0 unspecified atom stereocenters. The fraction of sp³-hybridized carbons (Fsp3) is 0.176. The maximum Gasteiger partial charge on any atom is 0.223 e. The average Bonchev–Trinajstić information content (AvgIpc) is 3.13. The van der Waals surface area contributed by atoms with Crippen molar-refractivity contribution in [2.45, 2.75) is 20.8 Å². The quantitative estimate of drug-likeness (QED) is 0.605. The first kappa shape index (κ1) is 16.8. The summed E-state index contributed by atoms with van der Waals surface area (Å²) in [5, 5.41) is 6.38. The molecule has 7 nitrogen and oxygen atoms in total. The number of carbonyl (C=O) groups is 2. The molecule has 3 rings (SSSR count). The Bertz CT molecular complexity index is 944. The number of amides is 1. The number of carbonyl (C=O) groups excluding carboxylic acids is 2. The van der Waals surface area contributed by atoms with E-state index in [-0.39, 0.29) is 11.7 Å². The number of benzene rings is 1. The van der Waals surface area contributed by atoms with Gasteiger partial charge in [0.1, 0.15) is 0 Å². The molecule has 8 heteroatoms. The van der Waals surface area contributed by atoms with E-state index < -0.39 is 0 Å². The highest BCUT2D eigenvalue weighted by Gasteiger charge is 2.13. The number of thiazole rings is 1. The lowest BCUT2D eigenvalue weighted by atomic mass is 10.1. The van der Waals surface area contributed by atoms with Crippen molar-refractivity contribution in [3.63, 3.8) is 0 Å². The largest absolute Gasteiger partial charge is 0.326 e. The van der Waals surface area contributed by atoms with Crippen LogP contribution >= 0.6 is 11.3 Å². The van der Waals surface area contributed by atoms with Crippen LogP contribution in [0.5, 0.6) is 0 Å². The molecule has 3 N–H and O–H groups in total. The van der Waals surface area contributed by atoms with Crippen LogP contribution in [0.3, 0.4) is 0 Å². The van der Waals surface area contributed by atoms with Crippen molar-refractivity contribution in [2.24, 2.45) is 0 Å². The van der Waals surface area contributed by atoms with Crippen molar-refractivity contribution in [3.05, 3.63) is 41.7 Å². The standard InChI is InChI=1S/C17H17N5O2S/c1-9-15(25-17(19-9)20-11(3)24)14-8-18-16(22-14)21-13-6-4-5-12(7-13)10(2)23/h4-8H,1-3H3,(H2,18,21,22)(H,19,20,24). The molecule has 128 valence electrons. The van der Waals surface area contributed by atoms with Gasteiger partial charge in [0.2, 0.25) is 11.9 Å². The smallest absolute Gasteiger partial charge is 0.223 e. The summed E-state index contributed by atoms with van der Waals surface area (Å²) >= 11 is 1.38. The van der Waals surface area contributed by atoms with Gasteiger partial charge in [0.25, 0.3) is 0 Å². The van der Waals surface area contributed by atoms with Gasteiger partial charge in [-0.25, -0.2) is 9.97 Å². The van der Waals surface area contributed by atoms with E-state index in [1.165, 1.54) is 25.2 Å². The summed E-state index contributed by atoms with van der Waals surface area (Å²) in [6, 6.07) is 7.22. The highest BCUT2D eigenvalue weighted by Crippen LogP contribution is 2.32. The summed E-state index contributed by atoms with van der Waals surface area (Å²) in [6.07, 6.45) is 1.70.